The van der Waals surface area contributed by atoms with Crippen LogP contribution >= 0.6 is 31.9 Å². The first-order valence-corrected chi connectivity index (χ1v) is 9.36. The summed E-state index contributed by atoms with van der Waals surface area (Å²) in [5.74, 6) is 0. The number of hydrogen-bond donors (Lipinski definition) is 4. The van der Waals surface area contributed by atoms with Crippen molar-refractivity contribution in [2.45, 2.75) is 0 Å². The van der Waals surface area contributed by atoms with Crippen molar-refractivity contribution in [1.29, 1.82) is 0 Å². The van der Waals surface area contributed by atoms with Gasteiger partial charge in [-0.15, -0.1) is 0 Å². The molecule has 4 nitrogen and oxygen atoms in total. The van der Waals surface area contributed by atoms with Crippen LogP contribution in [0.25, 0.3) is 22.3 Å². The van der Waals surface area contributed by atoms with Crippen LogP contribution in [0.3, 0.4) is 0 Å². The molecule has 0 heterocycles. The van der Waals surface area contributed by atoms with Gasteiger partial charge in [0.1, 0.15) is 0 Å². The second-order valence-electron chi connectivity index (χ2n) is 5.87. The Hall–Kier alpha value is -1.41. The van der Waals surface area contributed by atoms with Crippen LogP contribution in [0, 0.1) is 0 Å². The zero-order chi connectivity index (χ0) is 18.8. The highest BCUT2D eigenvalue weighted by Gasteiger charge is 2.18. The van der Waals surface area contributed by atoms with Crippen molar-refractivity contribution in [3.05, 3.63) is 69.6 Å². The lowest BCUT2D eigenvalue weighted by atomic mass is 9.71. The van der Waals surface area contributed by atoms with Crippen LogP contribution in [0.4, 0.5) is 0 Å². The lowest BCUT2D eigenvalue weighted by Gasteiger charge is -2.10. The van der Waals surface area contributed by atoms with Gasteiger partial charge in [0.2, 0.25) is 0 Å². The molecule has 26 heavy (non-hydrogen) atoms. The van der Waals surface area contributed by atoms with Gasteiger partial charge in [-0.1, -0.05) is 74.3 Å². The van der Waals surface area contributed by atoms with E-state index < -0.39 is 14.2 Å². The van der Waals surface area contributed by atoms with E-state index in [-0.39, 0.29) is 10.9 Å². The second-order valence-corrected chi connectivity index (χ2v) is 7.70. The van der Waals surface area contributed by atoms with E-state index in [4.69, 9.17) is 0 Å². The molecule has 0 spiro atoms. The van der Waals surface area contributed by atoms with Gasteiger partial charge < -0.3 is 20.1 Å². The van der Waals surface area contributed by atoms with Crippen molar-refractivity contribution in [2.75, 3.05) is 0 Å². The zero-order valence-electron chi connectivity index (χ0n) is 13.5. The fourth-order valence-corrected chi connectivity index (χ4v) is 4.01. The fraction of sp³-hybridized carbons (Fsp3) is 0. The molecule has 3 rings (SSSR count). The summed E-state index contributed by atoms with van der Waals surface area (Å²) in [5, 5.41) is 37.7. The zero-order valence-corrected chi connectivity index (χ0v) is 16.6. The van der Waals surface area contributed by atoms with Crippen molar-refractivity contribution < 1.29 is 20.1 Å². The van der Waals surface area contributed by atoms with E-state index in [9.17, 15) is 20.1 Å². The summed E-state index contributed by atoms with van der Waals surface area (Å²) in [6.45, 7) is 0. The number of halogens is 2. The van der Waals surface area contributed by atoms with Crippen molar-refractivity contribution in [2.24, 2.45) is 0 Å². The predicted octanol–water partition coefficient (Wildman–Crippen LogP) is 1.91. The van der Waals surface area contributed by atoms with Gasteiger partial charge in [0.05, 0.1) is 0 Å². The molecule has 0 aliphatic rings. The van der Waals surface area contributed by atoms with Gasteiger partial charge >= 0.3 is 14.2 Å². The molecule has 0 aromatic heterocycles. The van der Waals surface area contributed by atoms with Gasteiger partial charge in [-0.25, -0.2) is 0 Å². The van der Waals surface area contributed by atoms with Crippen LogP contribution in [0.2, 0.25) is 0 Å². The second kappa shape index (κ2) is 8.08. The molecular formula is C18H14B2Br2O4. The topological polar surface area (TPSA) is 80.9 Å². The molecule has 0 aliphatic carbocycles. The van der Waals surface area contributed by atoms with E-state index in [2.05, 4.69) is 31.9 Å². The first-order chi connectivity index (χ1) is 12.3. The number of benzene rings is 3. The molecule has 0 amide bonds. The monoisotopic (exact) mass is 474 g/mol. The minimum absolute atomic E-state index is 0.200. The third-order valence-electron chi connectivity index (χ3n) is 3.99. The van der Waals surface area contributed by atoms with Gasteiger partial charge in [-0.05, 0) is 51.4 Å². The molecular weight excluding hydrogens is 462 g/mol. The molecule has 8 heteroatoms. The van der Waals surface area contributed by atoms with Gasteiger partial charge in [-0.2, -0.15) is 0 Å². The third-order valence-corrected chi connectivity index (χ3v) is 4.90. The van der Waals surface area contributed by atoms with Crippen molar-refractivity contribution in [3.63, 3.8) is 0 Å². The Morgan fingerprint density at radius 3 is 1.27 bits per heavy atom. The minimum Gasteiger partial charge on any atom is -0.423 e. The van der Waals surface area contributed by atoms with Crippen molar-refractivity contribution >= 4 is 57.0 Å². The van der Waals surface area contributed by atoms with E-state index in [1.807, 2.05) is 42.5 Å². The van der Waals surface area contributed by atoms with Crippen molar-refractivity contribution in [1.82, 2.24) is 0 Å². The predicted molar refractivity (Wildman–Crippen MR) is 112 cm³/mol. The molecule has 0 aliphatic heterocycles. The van der Waals surface area contributed by atoms with Crippen LogP contribution in [0.15, 0.2) is 69.6 Å². The van der Waals surface area contributed by atoms with E-state index in [0.29, 0.717) is 5.56 Å². The summed E-state index contributed by atoms with van der Waals surface area (Å²) in [6, 6.07) is 18.3. The molecule has 3 aromatic carbocycles. The molecule has 4 N–H and O–H groups in total. The summed E-state index contributed by atoms with van der Waals surface area (Å²) in [4.78, 5) is 0. The molecule has 0 saturated carbocycles. The first-order valence-electron chi connectivity index (χ1n) is 7.77. The Morgan fingerprint density at radius 1 is 0.500 bits per heavy atom. The maximum atomic E-state index is 9.43. The molecule has 0 radical (unpaired) electrons. The third kappa shape index (κ3) is 4.46. The summed E-state index contributed by atoms with van der Waals surface area (Å²) in [6.07, 6.45) is 0. The van der Waals surface area contributed by atoms with E-state index in [1.54, 1.807) is 12.1 Å². The summed E-state index contributed by atoms with van der Waals surface area (Å²) >= 11 is 6.96. The summed E-state index contributed by atoms with van der Waals surface area (Å²) in [7, 11) is -3.38. The van der Waals surface area contributed by atoms with Crippen molar-refractivity contribution in [3.8, 4) is 22.3 Å². The Balaban J connectivity index is 2.00. The number of hydrogen-bond acceptors (Lipinski definition) is 4. The molecule has 130 valence electrons. The molecule has 3 aromatic rings. The molecule has 0 bridgehead atoms. The van der Waals surface area contributed by atoms with Gasteiger partial charge in [0.25, 0.3) is 0 Å². The Morgan fingerprint density at radius 2 is 0.885 bits per heavy atom. The van der Waals surface area contributed by atoms with Crippen LogP contribution < -0.4 is 10.9 Å². The van der Waals surface area contributed by atoms with Crippen LogP contribution in [0.1, 0.15) is 0 Å². The standard InChI is InChI=1S/C18H14B2Br2O4/c21-17-7-14(8-18(22)10-17)12-3-1-11(2-4-12)13-5-15(19(23)24)9-16(6-13)20(25)26/h1-10,23-26H. The van der Waals surface area contributed by atoms with E-state index in [1.165, 1.54) is 6.07 Å². The smallest absolute Gasteiger partial charge is 0.423 e. The normalized spacial score (nSPS) is 10.7. The fourth-order valence-electron chi connectivity index (χ4n) is 2.72. The van der Waals surface area contributed by atoms with E-state index in [0.717, 1.165) is 25.6 Å². The SMILES string of the molecule is OB(O)c1cc(B(O)O)cc(-c2ccc(-c3cc(Br)cc(Br)c3)cc2)c1. The Labute approximate surface area is 168 Å². The summed E-state index contributed by atoms with van der Waals surface area (Å²) < 4.78 is 1.94. The van der Waals surface area contributed by atoms with E-state index >= 15 is 0 Å². The van der Waals surface area contributed by atoms with Crippen LogP contribution in [0.5, 0.6) is 0 Å². The highest BCUT2D eigenvalue weighted by Crippen LogP contribution is 2.29. The molecule has 0 fully saturated rings. The average Bonchev–Trinajstić information content (AvgIpc) is 2.60. The Bertz CT molecular complexity index is 884. The van der Waals surface area contributed by atoms with Gasteiger partial charge in [-0.3, -0.25) is 0 Å². The largest absolute Gasteiger partial charge is 0.488 e. The Kier molecular flexibility index (Phi) is 6.02. The maximum absolute atomic E-state index is 9.43. The van der Waals surface area contributed by atoms with Crippen LogP contribution in [-0.2, 0) is 0 Å². The molecule has 0 atom stereocenters. The molecule has 0 saturated heterocycles. The summed E-state index contributed by atoms with van der Waals surface area (Å²) in [5.41, 5.74) is 3.96. The quantitative estimate of drug-likeness (QED) is 0.435. The lowest BCUT2D eigenvalue weighted by Crippen LogP contribution is -2.38. The average molecular weight is 476 g/mol. The highest BCUT2D eigenvalue weighted by molar-refractivity contribution is 9.11. The lowest BCUT2D eigenvalue weighted by molar-refractivity contribution is 0.425. The van der Waals surface area contributed by atoms with Crippen LogP contribution in [-0.4, -0.2) is 34.3 Å². The van der Waals surface area contributed by atoms with Gasteiger partial charge in [0, 0.05) is 8.95 Å². The highest BCUT2D eigenvalue weighted by atomic mass is 79.9. The first kappa shape index (κ1) is 19.4. The maximum Gasteiger partial charge on any atom is 0.488 e. The minimum atomic E-state index is -1.69. The molecule has 0 unspecified atom stereocenters. The number of rotatable bonds is 4. The van der Waals surface area contributed by atoms with Gasteiger partial charge in [0.15, 0.2) is 0 Å².